The number of aromatic nitrogens is 2. The van der Waals surface area contributed by atoms with Gasteiger partial charge >= 0.3 is 0 Å². The monoisotopic (exact) mass is 249 g/mol. The van der Waals surface area contributed by atoms with Gasteiger partial charge in [-0.15, -0.1) is 0 Å². The molecule has 17 heavy (non-hydrogen) atoms. The van der Waals surface area contributed by atoms with Crippen molar-refractivity contribution in [2.45, 2.75) is 19.9 Å². The molecule has 0 radical (unpaired) electrons. The first-order valence-corrected chi connectivity index (χ1v) is 6.07. The maximum Gasteiger partial charge on any atom is 0.0853 e. The summed E-state index contributed by atoms with van der Waals surface area (Å²) in [5.74, 6) is 0. The first-order valence-electron chi connectivity index (χ1n) is 5.70. The number of hydrogen-bond acceptors (Lipinski definition) is 2. The van der Waals surface area contributed by atoms with E-state index in [1.165, 1.54) is 5.56 Å². The van der Waals surface area contributed by atoms with Crippen LogP contribution in [0.5, 0.6) is 0 Å². The Morgan fingerprint density at radius 2 is 2.00 bits per heavy atom. The molecule has 90 valence electrons. The molecule has 2 rings (SSSR count). The average molecular weight is 250 g/mol. The van der Waals surface area contributed by atoms with E-state index in [4.69, 9.17) is 11.6 Å². The van der Waals surface area contributed by atoms with Crippen molar-refractivity contribution in [1.29, 1.82) is 0 Å². The Labute approximate surface area is 106 Å². The standard InChI is InChI=1S/C13H16ClN3/c1-3-12-13(9-17(2)16-12)15-8-10-4-6-11(14)7-5-10/h4-7,9,15H,3,8H2,1-2H3. The third-order valence-electron chi connectivity index (χ3n) is 2.64. The predicted molar refractivity (Wildman–Crippen MR) is 71.4 cm³/mol. The van der Waals surface area contributed by atoms with Crippen LogP contribution in [0.15, 0.2) is 30.5 Å². The summed E-state index contributed by atoms with van der Waals surface area (Å²) >= 11 is 5.85. The van der Waals surface area contributed by atoms with Crippen molar-refractivity contribution in [3.8, 4) is 0 Å². The molecule has 1 aromatic heterocycles. The lowest BCUT2D eigenvalue weighted by atomic mass is 10.2. The zero-order valence-electron chi connectivity index (χ0n) is 10.1. The second-order valence-corrected chi connectivity index (χ2v) is 4.43. The molecule has 0 amide bonds. The third kappa shape index (κ3) is 3.01. The van der Waals surface area contributed by atoms with Crippen LogP contribution in [-0.4, -0.2) is 9.78 Å². The molecule has 0 saturated carbocycles. The van der Waals surface area contributed by atoms with Crippen molar-refractivity contribution in [2.75, 3.05) is 5.32 Å². The molecular formula is C13H16ClN3. The van der Waals surface area contributed by atoms with Gasteiger partial charge in [-0.2, -0.15) is 5.10 Å². The first-order chi connectivity index (χ1) is 8.19. The minimum atomic E-state index is 0.768. The summed E-state index contributed by atoms with van der Waals surface area (Å²) in [6.07, 6.45) is 2.94. The van der Waals surface area contributed by atoms with Crippen LogP contribution >= 0.6 is 11.6 Å². The summed E-state index contributed by atoms with van der Waals surface area (Å²) < 4.78 is 1.84. The average Bonchev–Trinajstić information content (AvgIpc) is 2.69. The molecule has 4 heteroatoms. The van der Waals surface area contributed by atoms with Crippen LogP contribution in [0, 0.1) is 0 Å². The molecule has 3 nitrogen and oxygen atoms in total. The lowest BCUT2D eigenvalue weighted by molar-refractivity contribution is 0.746. The SMILES string of the molecule is CCc1nn(C)cc1NCc1ccc(Cl)cc1. The van der Waals surface area contributed by atoms with Gasteiger partial charge in [0.25, 0.3) is 0 Å². The molecule has 0 fully saturated rings. The number of halogens is 1. The smallest absolute Gasteiger partial charge is 0.0853 e. The van der Waals surface area contributed by atoms with Gasteiger partial charge in [-0.25, -0.2) is 0 Å². The minimum Gasteiger partial charge on any atom is -0.378 e. The highest BCUT2D eigenvalue weighted by Crippen LogP contribution is 2.16. The van der Waals surface area contributed by atoms with E-state index in [0.717, 1.165) is 29.4 Å². The fraction of sp³-hybridized carbons (Fsp3) is 0.308. The molecular weight excluding hydrogens is 234 g/mol. The van der Waals surface area contributed by atoms with Crippen LogP contribution in [0.4, 0.5) is 5.69 Å². The van der Waals surface area contributed by atoms with Gasteiger partial charge in [0.2, 0.25) is 0 Å². The normalized spacial score (nSPS) is 10.5. The Hall–Kier alpha value is -1.48. The van der Waals surface area contributed by atoms with E-state index < -0.39 is 0 Å². The number of nitrogens with zero attached hydrogens (tertiary/aromatic N) is 2. The Kier molecular flexibility index (Phi) is 3.69. The fourth-order valence-corrected chi connectivity index (χ4v) is 1.87. The minimum absolute atomic E-state index is 0.768. The van der Waals surface area contributed by atoms with Crippen molar-refractivity contribution in [2.24, 2.45) is 7.05 Å². The van der Waals surface area contributed by atoms with E-state index in [1.54, 1.807) is 0 Å². The molecule has 1 aromatic carbocycles. The third-order valence-corrected chi connectivity index (χ3v) is 2.89. The summed E-state index contributed by atoms with van der Waals surface area (Å²) in [5.41, 5.74) is 3.41. The first kappa shape index (κ1) is 12.0. The van der Waals surface area contributed by atoms with E-state index in [9.17, 15) is 0 Å². The zero-order valence-corrected chi connectivity index (χ0v) is 10.8. The van der Waals surface area contributed by atoms with Gasteiger partial charge in [0.15, 0.2) is 0 Å². The van der Waals surface area contributed by atoms with Gasteiger partial charge in [0.1, 0.15) is 0 Å². The number of rotatable bonds is 4. The second-order valence-electron chi connectivity index (χ2n) is 4.00. The van der Waals surface area contributed by atoms with Crippen LogP contribution in [0.1, 0.15) is 18.2 Å². The van der Waals surface area contributed by atoms with Gasteiger partial charge in [-0.1, -0.05) is 30.7 Å². The molecule has 1 heterocycles. The molecule has 1 N–H and O–H groups in total. The summed E-state index contributed by atoms with van der Waals surface area (Å²) in [4.78, 5) is 0. The largest absolute Gasteiger partial charge is 0.378 e. The number of nitrogens with one attached hydrogen (secondary N) is 1. The van der Waals surface area contributed by atoms with E-state index in [0.29, 0.717) is 0 Å². The maximum atomic E-state index is 5.85. The number of benzene rings is 1. The molecule has 0 bridgehead atoms. The Balaban J connectivity index is 2.04. The van der Waals surface area contributed by atoms with Crippen molar-refractivity contribution >= 4 is 17.3 Å². The molecule has 0 unspecified atom stereocenters. The summed E-state index contributed by atoms with van der Waals surface area (Å²) in [7, 11) is 1.94. The van der Waals surface area contributed by atoms with Gasteiger partial charge in [-0.05, 0) is 24.1 Å². The van der Waals surface area contributed by atoms with Gasteiger partial charge < -0.3 is 5.32 Å². The molecule has 0 aliphatic rings. The van der Waals surface area contributed by atoms with Crippen molar-refractivity contribution in [1.82, 2.24) is 9.78 Å². The molecule has 0 atom stereocenters. The Bertz CT molecular complexity index is 488. The zero-order chi connectivity index (χ0) is 12.3. The van der Waals surface area contributed by atoms with Crippen LogP contribution < -0.4 is 5.32 Å². The lowest BCUT2D eigenvalue weighted by Crippen LogP contribution is -2.00. The van der Waals surface area contributed by atoms with E-state index in [-0.39, 0.29) is 0 Å². The van der Waals surface area contributed by atoms with Crippen LogP contribution in [0.2, 0.25) is 5.02 Å². The van der Waals surface area contributed by atoms with Gasteiger partial charge in [0, 0.05) is 24.8 Å². The van der Waals surface area contributed by atoms with E-state index in [1.807, 2.05) is 42.2 Å². The summed E-state index contributed by atoms with van der Waals surface area (Å²) in [6.45, 7) is 2.89. The van der Waals surface area contributed by atoms with Crippen LogP contribution in [-0.2, 0) is 20.0 Å². The van der Waals surface area contributed by atoms with Crippen molar-refractivity contribution in [3.05, 3.63) is 46.7 Å². The van der Waals surface area contributed by atoms with E-state index in [2.05, 4.69) is 17.3 Å². The van der Waals surface area contributed by atoms with Gasteiger partial charge in [-0.3, -0.25) is 4.68 Å². The predicted octanol–water partition coefficient (Wildman–Crippen LogP) is 3.25. The number of hydrogen-bond donors (Lipinski definition) is 1. The van der Waals surface area contributed by atoms with Crippen molar-refractivity contribution in [3.63, 3.8) is 0 Å². The Morgan fingerprint density at radius 1 is 1.29 bits per heavy atom. The number of aryl methyl sites for hydroxylation is 2. The molecule has 0 spiro atoms. The molecule has 2 aromatic rings. The highest BCUT2D eigenvalue weighted by atomic mass is 35.5. The quantitative estimate of drug-likeness (QED) is 0.902. The summed E-state index contributed by atoms with van der Waals surface area (Å²) in [6, 6.07) is 7.86. The van der Waals surface area contributed by atoms with Crippen molar-refractivity contribution < 1.29 is 0 Å². The second kappa shape index (κ2) is 5.23. The fourth-order valence-electron chi connectivity index (χ4n) is 1.74. The highest BCUT2D eigenvalue weighted by Gasteiger charge is 2.04. The maximum absolute atomic E-state index is 5.85. The van der Waals surface area contributed by atoms with Crippen LogP contribution in [0.3, 0.4) is 0 Å². The van der Waals surface area contributed by atoms with E-state index >= 15 is 0 Å². The topological polar surface area (TPSA) is 29.9 Å². The lowest BCUT2D eigenvalue weighted by Gasteiger charge is -2.05. The summed E-state index contributed by atoms with van der Waals surface area (Å²) in [5, 5.41) is 8.55. The van der Waals surface area contributed by atoms with Crippen LogP contribution in [0.25, 0.3) is 0 Å². The highest BCUT2D eigenvalue weighted by molar-refractivity contribution is 6.30. The molecule has 0 saturated heterocycles. The number of anilines is 1. The molecule has 0 aliphatic heterocycles. The Morgan fingerprint density at radius 3 is 2.65 bits per heavy atom. The van der Waals surface area contributed by atoms with Gasteiger partial charge in [0.05, 0.1) is 11.4 Å². The molecule has 0 aliphatic carbocycles.